The van der Waals surface area contributed by atoms with Crippen LogP contribution in [0.1, 0.15) is 24.8 Å². The molecule has 1 aromatic carbocycles. The molecule has 0 atom stereocenters. The first-order valence-corrected chi connectivity index (χ1v) is 10.3. The van der Waals surface area contributed by atoms with Gasteiger partial charge in [-0.2, -0.15) is 4.31 Å². The van der Waals surface area contributed by atoms with Crippen LogP contribution in [0.25, 0.3) is 0 Å². The van der Waals surface area contributed by atoms with Gasteiger partial charge in [0.15, 0.2) is 0 Å². The number of rotatable bonds is 5. The van der Waals surface area contributed by atoms with Crippen molar-refractivity contribution in [2.45, 2.75) is 34.9 Å². The van der Waals surface area contributed by atoms with Crippen LogP contribution in [0.5, 0.6) is 0 Å². The number of halogens is 1. The number of sulfonamides is 1. The highest BCUT2D eigenvalue weighted by atomic mass is 32.2. The Labute approximate surface area is 146 Å². The van der Waals surface area contributed by atoms with Crippen LogP contribution in [0.4, 0.5) is 4.39 Å². The summed E-state index contributed by atoms with van der Waals surface area (Å²) in [6.45, 7) is 1.17. The second-order valence-corrected chi connectivity index (χ2v) is 8.65. The number of piperidine rings is 1. The fraction of sp³-hybridized carbons (Fsp3) is 0.353. The number of thioether (sulfide) groups is 1. The van der Waals surface area contributed by atoms with Gasteiger partial charge in [-0.15, -0.1) is 11.8 Å². The normalized spacial score (nSPS) is 16.2. The van der Waals surface area contributed by atoms with Crippen molar-refractivity contribution in [3.05, 3.63) is 54.0 Å². The van der Waals surface area contributed by atoms with E-state index in [-0.39, 0.29) is 10.7 Å². The van der Waals surface area contributed by atoms with Crippen LogP contribution in [0.3, 0.4) is 0 Å². The quantitative estimate of drug-likeness (QED) is 0.758. The number of hydrogen-bond donors (Lipinski definition) is 0. The molecule has 1 aromatic heterocycles. The number of hydrogen-bond acceptors (Lipinski definition) is 4. The van der Waals surface area contributed by atoms with E-state index < -0.39 is 10.0 Å². The molecule has 2 heterocycles. The molecule has 0 amide bonds. The smallest absolute Gasteiger partial charge is 0.244 e. The largest absolute Gasteiger partial charge is 0.249 e. The lowest BCUT2D eigenvalue weighted by molar-refractivity contribution is 0.346. The molecule has 0 bridgehead atoms. The Morgan fingerprint density at radius 2 is 1.75 bits per heavy atom. The zero-order chi connectivity index (χ0) is 17.0. The third-order valence-electron chi connectivity index (χ3n) is 3.96. The molecule has 0 aliphatic carbocycles. The standard InChI is InChI=1S/C17H19FN2O2S2/c18-15-6-4-14(5-7-15)13-23-17-9-8-16(12-19-17)24(21,22)20-10-2-1-3-11-20/h4-9,12H,1-3,10-11,13H2. The Hall–Kier alpha value is -1.44. The van der Waals surface area contributed by atoms with E-state index in [9.17, 15) is 12.8 Å². The Kier molecular flexibility index (Phi) is 5.53. The molecule has 1 fully saturated rings. The number of nitrogens with zero attached hydrogens (tertiary/aromatic N) is 2. The van der Waals surface area contributed by atoms with Crippen molar-refractivity contribution in [1.29, 1.82) is 0 Å². The van der Waals surface area contributed by atoms with Crippen molar-refractivity contribution >= 4 is 21.8 Å². The van der Waals surface area contributed by atoms with Gasteiger partial charge in [0.25, 0.3) is 0 Å². The van der Waals surface area contributed by atoms with Crippen molar-refractivity contribution < 1.29 is 12.8 Å². The molecule has 128 valence electrons. The summed E-state index contributed by atoms with van der Waals surface area (Å²) in [5.41, 5.74) is 0.994. The highest BCUT2D eigenvalue weighted by Gasteiger charge is 2.26. The molecule has 24 heavy (non-hydrogen) atoms. The summed E-state index contributed by atoms with van der Waals surface area (Å²) in [6.07, 6.45) is 4.34. The maximum Gasteiger partial charge on any atom is 0.244 e. The highest BCUT2D eigenvalue weighted by Crippen LogP contribution is 2.24. The van der Waals surface area contributed by atoms with Gasteiger partial charge in [0, 0.05) is 25.0 Å². The maximum absolute atomic E-state index is 12.9. The first-order valence-electron chi connectivity index (χ1n) is 7.89. The van der Waals surface area contributed by atoms with Crippen molar-refractivity contribution in [3.8, 4) is 0 Å². The highest BCUT2D eigenvalue weighted by molar-refractivity contribution is 7.98. The Bertz CT molecular complexity index is 771. The molecule has 4 nitrogen and oxygen atoms in total. The van der Waals surface area contributed by atoms with E-state index >= 15 is 0 Å². The molecule has 0 N–H and O–H groups in total. The zero-order valence-electron chi connectivity index (χ0n) is 13.2. The summed E-state index contributed by atoms with van der Waals surface area (Å²) in [7, 11) is -3.43. The minimum Gasteiger partial charge on any atom is -0.249 e. The van der Waals surface area contributed by atoms with E-state index in [0.29, 0.717) is 18.8 Å². The first kappa shape index (κ1) is 17.4. The van der Waals surface area contributed by atoms with Crippen molar-refractivity contribution in [2.24, 2.45) is 0 Å². The molecule has 0 unspecified atom stereocenters. The van der Waals surface area contributed by atoms with Gasteiger partial charge in [0.05, 0.1) is 5.03 Å². The van der Waals surface area contributed by atoms with Crippen LogP contribution in [0.2, 0.25) is 0 Å². The van der Waals surface area contributed by atoms with E-state index in [2.05, 4.69) is 4.98 Å². The second kappa shape index (κ2) is 7.63. The molecule has 0 radical (unpaired) electrons. The average Bonchev–Trinajstić information content (AvgIpc) is 2.62. The van der Waals surface area contributed by atoms with E-state index in [1.54, 1.807) is 28.6 Å². The third kappa shape index (κ3) is 4.15. The minimum atomic E-state index is -3.43. The summed E-state index contributed by atoms with van der Waals surface area (Å²) >= 11 is 1.49. The van der Waals surface area contributed by atoms with Crippen molar-refractivity contribution in [2.75, 3.05) is 13.1 Å². The van der Waals surface area contributed by atoms with E-state index in [0.717, 1.165) is 29.9 Å². The van der Waals surface area contributed by atoms with Gasteiger partial charge in [-0.1, -0.05) is 18.6 Å². The molecule has 2 aromatic rings. The van der Waals surface area contributed by atoms with E-state index in [1.807, 2.05) is 0 Å². The molecule has 1 aliphatic heterocycles. The van der Waals surface area contributed by atoms with E-state index in [1.165, 1.54) is 30.1 Å². The fourth-order valence-corrected chi connectivity index (χ4v) is 4.86. The lowest BCUT2D eigenvalue weighted by Gasteiger charge is -2.25. The number of benzene rings is 1. The molecular weight excluding hydrogens is 347 g/mol. The van der Waals surface area contributed by atoms with Crippen LogP contribution in [-0.2, 0) is 15.8 Å². The minimum absolute atomic E-state index is 0.246. The lowest BCUT2D eigenvalue weighted by Crippen LogP contribution is -2.35. The summed E-state index contributed by atoms with van der Waals surface area (Å²) in [5, 5.41) is 0.747. The summed E-state index contributed by atoms with van der Waals surface area (Å²) in [4.78, 5) is 4.50. The van der Waals surface area contributed by atoms with Gasteiger partial charge < -0.3 is 0 Å². The Morgan fingerprint density at radius 3 is 2.38 bits per heavy atom. The molecule has 3 rings (SSSR count). The predicted octanol–water partition coefficient (Wildman–Crippen LogP) is 3.69. The molecule has 1 aliphatic rings. The second-order valence-electron chi connectivity index (χ2n) is 5.71. The van der Waals surface area contributed by atoms with Crippen LogP contribution in [-0.4, -0.2) is 30.8 Å². The Morgan fingerprint density at radius 1 is 1.04 bits per heavy atom. The SMILES string of the molecule is O=S(=O)(c1ccc(SCc2ccc(F)cc2)nc1)N1CCCCC1. The monoisotopic (exact) mass is 366 g/mol. The Balaban J connectivity index is 1.65. The zero-order valence-corrected chi connectivity index (χ0v) is 14.8. The molecule has 7 heteroatoms. The predicted molar refractivity (Wildman–Crippen MR) is 92.8 cm³/mol. The van der Waals surface area contributed by atoms with Crippen LogP contribution in [0.15, 0.2) is 52.5 Å². The van der Waals surface area contributed by atoms with Crippen molar-refractivity contribution in [3.63, 3.8) is 0 Å². The summed E-state index contributed by atoms with van der Waals surface area (Å²) in [6, 6.07) is 9.67. The van der Waals surface area contributed by atoms with Gasteiger partial charge >= 0.3 is 0 Å². The third-order valence-corrected chi connectivity index (χ3v) is 6.86. The number of aromatic nitrogens is 1. The fourth-order valence-electron chi connectivity index (χ4n) is 2.60. The maximum atomic E-state index is 12.9. The summed E-state index contributed by atoms with van der Waals surface area (Å²) in [5.74, 6) is 0.403. The van der Waals surface area contributed by atoms with Crippen LogP contribution in [0, 0.1) is 5.82 Å². The summed E-state index contributed by atoms with van der Waals surface area (Å²) < 4.78 is 39.5. The van der Waals surface area contributed by atoms with Gasteiger partial charge in [0.1, 0.15) is 10.7 Å². The molecular formula is C17H19FN2O2S2. The molecule has 0 saturated carbocycles. The topological polar surface area (TPSA) is 50.3 Å². The van der Waals surface area contributed by atoms with Gasteiger partial charge in [-0.3, -0.25) is 0 Å². The van der Waals surface area contributed by atoms with Crippen LogP contribution < -0.4 is 0 Å². The van der Waals surface area contributed by atoms with Crippen LogP contribution >= 0.6 is 11.8 Å². The van der Waals surface area contributed by atoms with Gasteiger partial charge in [0.2, 0.25) is 10.0 Å². The number of pyridine rings is 1. The van der Waals surface area contributed by atoms with Gasteiger partial charge in [-0.05, 0) is 42.7 Å². The van der Waals surface area contributed by atoms with E-state index in [4.69, 9.17) is 0 Å². The average molecular weight is 366 g/mol. The molecule has 1 saturated heterocycles. The van der Waals surface area contributed by atoms with Gasteiger partial charge in [-0.25, -0.2) is 17.8 Å². The molecule has 0 spiro atoms. The van der Waals surface area contributed by atoms with Crippen molar-refractivity contribution in [1.82, 2.24) is 9.29 Å². The lowest BCUT2D eigenvalue weighted by atomic mass is 10.2. The first-order chi connectivity index (χ1) is 11.6.